The van der Waals surface area contributed by atoms with E-state index in [1.807, 2.05) is 10.9 Å². The molecule has 1 saturated carbocycles. The van der Waals surface area contributed by atoms with Crippen LogP contribution in [0.2, 0.25) is 0 Å². The summed E-state index contributed by atoms with van der Waals surface area (Å²) < 4.78 is 1.98. The zero-order valence-corrected chi connectivity index (χ0v) is 9.95. The van der Waals surface area contributed by atoms with Gasteiger partial charge in [-0.1, -0.05) is 6.92 Å². The summed E-state index contributed by atoms with van der Waals surface area (Å²) in [5.74, 6) is 0. The lowest BCUT2D eigenvalue weighted by Gasteiger charge is -2.15. The van der Waals surface area contributed by atoms with Gasteiger partial charge in [-0.25, -0.2) is 0 Å². The molecule has 0 bridgehead atoms. The summed E-state index contributed by atoms with van der Waals surface area (Å²) in [5.41, 5.74) is 1.87. The van der Waals surface area contributed by atoms with Crippen LogP contribution in [0.3, 0.4) is 0 Å². The molecule has 1 aromatic rings. The number of aryl methyl sites for hydroxylation is 1. The van der Waals surface area contributed by atoms with Gasteiger partial charge in [-0.05, 0) is 32.1 Å². The van der Waals surface area contributed by atoms with Gasteiger partial charge in [0.15, 0.2) is 0 Å². The van der Waals surface area contributed by atoms with Crippen molar-refractivity contribution in [1.82, 2.24) is 15.1 Å². The van der Waals surface area contributed by atoms with E-state index in [1.165, 1.54) is 18.4 Å². The summed E-state index contributed by atoms with van der Waals surface area (Å²) in [6.07, 6.45) is 6.85. The van der Waals surface area contributed by atoms with Gasteiger partial charge < -0.3 is 5.32 Å². The van der Waals surface area contributed by atoms with Crippen LogP contribution >= 0.6 is 0 Å². The van der Waals surface area contributed by atoms with Gasteiger partial charge >= 0.3 is 0 Å². The molecule has 0 radical (unpaired) electrons. The smallest absolute Gasteiger partial charge is 0.0537 e. The monoisotopic (exact) mass is 207 g/mol. The molecule has 3 heteroatoms. The van der Waals surface area contributed by atoms with Crippen molar-refractivity contribution in [2.45, 2.75) is 46.2 Å². The molecule has 0 saturated heterocycles. The summed E-state index contributed by atoms with van der Waals surface area (Å²) in [7, 11) is 0. The second-order valence-electron chi connectivity index (χ2n) is 5.04. The molecule has 1 aliphatic carbocycles. The van der Waals surface area contributed by atoms with Gasteiger partial charge in [0.25, 0.3) is 0 Å². The van der Waals surface area contributed by atoms with E-state index in [-0.39, 0.29) is 0 Å². The van der Waals surface area contributed by atoms with E-state index < -0.39 is 0 Å². The Morgan fingerprint density at radius 1 is 1.60 bits per heavy atom. The molecular formula is C12H21N3. The first-order chi connectivity index (χ1) is 7.13. The normalized spacial score (nSPS) is 20.2. The predicted molar refractivity (Wildman–Crippen MR) is 61.7 cm³/mol. The molecule has 1 atom stereocenters. The first-order valence-corrected chi connectivity index (χ1v) is 5.89. The second kappa shape index (κ2) is 3.97. The van der Waals surface area contributed by atoms with Gasteiger partial charge in [0.2, 0.25) is 0 Å². The molecular weight excluding hydrogens is 186 g/mol. The van der Waals surface area contributed by atoms with Gasteiger partial charge in [-0.3, -0.25) is 4.68 Å². The van der Waals surface area contributed by atoms with Crippen LogP contribution < -0.4 is 5.32 Å². The Balaban J connectivity index is 1.86. The van der Waals surface area contributed by atoms with E-state index >= 15 is 0 Å². The molecule has 1 fully saturated rings. The number of nitrogens with one attached hydrogen (secondary N) is 1. The largest absolute Gasteiger partial charge is 0.310 e. The van der Waals surface area contributed by atoms with Crippen LogP contribution in [0.1, 0.15) is 45.2 Å². The Morgan fingerprint density at radius 3 is 2.87 bits per heavy atom. The molecule has 15 heavy (non-hydrogen) atoms. The fourth-order valence-corrected chi connectivity index (χ4v) is 1.68. The molecule has 0 aliphatic heterocycles. The molecule has 84 valence electrons. The minimum Gasteiger partial charge on any atom is -0.310 e. The van der Waals surface area contributed by atoms with E-state index in [9.17, 15) is 0 Å². The minimum atomic E-state index is 0.419. The van der Waals surface area contributed by atoms with Crippen molar-refractivity contribution in [3.05, 3.63) is 18.0 Å². The highest BCUT2D eigenvalue weighted by Crippen LogP contribution is 2.44. The lowest BCUT2D eigenvalue weighted by molar-refractivity contribution is 0.457. The average molecular weight is 207 g/mol. The van der Waals surface area contributed by atoms with E-state index in [0.29, 0.717) is 11.5 Å². The maximum atomic E-state index is 4.29. The van der Waals surface area contributed by atoms with Crippen LogP contribution in [0.5, 0.6) is 0 Å². The second-order valence-corrected chi connectivity index (χ2v) is 5.04. The van der Waals surface area contributed by atoms with Crippen molar-refractivity contribution in [2.75, 3.05) is 6.54 Å². The quantitative estimate of drug-likeness (QED) is 0.803. The predicted octanol–water partition coefficient (Wildman–Crippen LogP) is 2.35. The van der Waals surface area contributed by atoms with Gasteiger partial charge in [0, 0.05) is 30.9 Å². The van der Waals surface area contributed by atoms with Crippen LogP contribution in [0.15, 0.2) is 12.4 Å². The number of hydrogen-bond donors (Lipinski definition) is 1. The third kappa shape index (κ3) is 2.59. The first-order valence-electron chi connectivity index (χ1n) is 5.89. The van der Waals surface area contributed by atoms with E-state index in [2.05, 4.69) is 37.4 Å². The fraction of sp³-hybridized carbons (Fsp3) is 0.750. The van der Waals surface area contributed by atoms with Crippen LogP contribution in [0, 0.1) is 5.41 Å². The third-order valence-electron chi connectivity index (χ3n) is 3.42. The first kappa shape index (κ1) is 10.7. The van der Waals surface area contributed by atoms with Crippen molar-refractivity contribution in [3.8, 4) is 0 Å². The number of aromatic nitrogens is 2. The van der Waals surface area contributed by atoms with Crippen molar-refractivity contribution in [2.24, 2.45) is 5.41 Å². The molecule has 0 amide bonds. The Hall–Kier alpha value is -0.830. The summed E-state index contributed by atoms with van der Waals surface area (Å²) in [6.45, 7) is 8.75. The van der Waals surface area contributed by atoms with Crippen molar-refractivity contribution < 1.29 is 0 Å². The van der Waals surface area contributed by atoms with E-state index in [0.717, 1.165) is 13.1 Å². The lowest BCUT2D eigenvalue weighted by atomic mass is 10.1. The Morgan fingerprint density at radius 2 is 2.33 bits per heavy atom. The SMILES string of the molecule is CCn1cc(C(C)NCC2(C)CC2)cn1. The summed E-state index contributed by atoms with van der Waals surface area (Å²) in [5, 5.41) is 7.88. The number of rotatable bonds is 5. The van der Waals surface area contributed by atoms with Crippen LogP contribution in [-0.4, -0.2) is 16.3 Å². The number of nitrogens with zero attached hydrogens (tertiary/aromatic N) is 2. The van der Waals surface area contributed by atoms with Gasteiger partial charge in [-0.15, -0.1) is 0 Å². The summed E-state index contributed by atoms with van der Waals surface area (Å²) in [4.78, 5) is 0. The Bertz CT molecular complexity index is 325. The molecule has 1 N–H and O–H groups in total. The summed E-state index contributed by atoms with van der Waals surface area (Å²) in [6, 6.07) is 0.419. The highest BCUT2D eigenvalue weighted by molar-refractivity contribution is 5.09. The van der Waals surface area contributed by atoms with Gasteiger partial charge in [0.05, 0.1) is 6.20 Å². The lowest BCUT2D eigenvalue weighted by Crippen LogP contribution is -2.25. The maximum absolute atomic E-state index is 4.29. The van der Waals surface area contributed by atoms with Crippen molar-refractivity contribution in [3.63, 3.8) is 0 Å². The summed E-state index contributed by atoms with van der Waals surface area (Å²) >= 11 is 0. The van der Waals surface area contributed by atoms with E-state index in [1.54, 1.807) is 0 Å². The minimum absolute atomic E-state index is 0.419. The van der Waals surface area contributed by atoms with Gasteiger partial charge in [0.1, 0.15) is 0 Å². The molecule has 1 heterocycles. The highest BCUT2D eigenvalue weighted by atomic mass is 15.3. The topological polar surface area (TPSA) is 29.9 Å². The standard InChI is InChI=1S/C12H21N3/c1-4-15-8-11(7-14-15)10(2)13-9-12(3)5-6-12/h7-8,10,13H,4-6,9H2,1-3H3. The average Bonchev–Trinajstić information content (AvgIpc) is 2.81. The van der Waals surface area contributed by atoms with Gasteiger partial charge in [-0.2, -0.15) is 5.10 Å². The fourth-order valence-electron chi connectivity index (χ4n) is 1.68. The van der Waals surface area contributed by atoms with Crippen LogP contribution in [-0.2, 0) is 6.54 Å². The molecule has 1 unspecified atom stereocenters. The van der Waals surface area contributed by atoms with E-state index in [4.69, 9.17) is 0 Å². The maximum Gasteiger partial charge on any atom is 0.0537 e. The molecule has 0 aromatic carbocycles. The van der Waals surface area contributed by atoms with Crippen molar-refractivity contribution in [1.29, 1.82) is 0 Å². The molecule has 1 aromatic heterocycles. The third-order valence-corrected chi connectivity index (χ3v) is 3.42. The Labute approximate surface area is 91.9 Å². The highest BCUT2D eigenvalue weighted by Gasteiger charge is 2.36. The van der Waals surface area contributed by atoms with Crippen LogP contribution in [0.4, 0.5) is 0 Å². The van der Waals surface area contributed by atoms with Crippen LogP contribution in [0.25, 0.3) is 0 Å². The Kier molecular flexibility index (Phi) is 2.83. The molecule has 0 spiro atoms. The van der Waals surface area contributed by atoms with Crippen molar-refractivity contribution >= 4 is 0 Å². The molecule has 1 aliphatic rings. The zero-order chi connectivity index (χ0) is 10.9. The zero-order valence-electron chi connectivity index (χ0n) is 9.95. The molecule has 3 nitrogen and oxygen atoms in total. The molecule has 2 rings (SSSR count). The number of hydrogen-bond acceptors (Lipinski definition) is 2.